The Morgan fingerprint density at radius 1 is 1.57 bits per heavy atom. The molecule has 0 spiro atoms. The highest BCUT2D eigenvalue weighted by Gasteiger charge is 2.29. The average Bonchev–Trinajstić information content (AvgIpc) is 2.94. The van der Waals surface area contributed by atoms with Crippen LogP contribution in [-0.2, 0) is 0 Å². The molecule has 1 fully saturated rings. The molecule has 0 amide bonds. The first-order valence-electron chi connectivity index (χ1n) is 8.15. The summed E-state index contributed by atoms with van der Waals surface area (Å²) in [6.07, 6.45) is 5.53. The number of halogens is 2. The van der Waals surface area contributed by atoms with E-state index in [0.717, 1.165) is 46.3 Å². The Hall–Kier alpha value is -1.34. The molecular formula is C16H23BrFN5. The number of piperidine rings is 1. The van der Waals surface area contributed by atoms with Gasteiger partial charge in [-0.05, 0) is 28.8 Å². The number of aromatic amines is 1. The SMILES string of the molecule is CCCCNc1c[nH]c2ncc(Br)c(N3CC[C@@H](F)[C@H](N)C3)c12. The van der Waals surface area contributed by atoms with Crippen molar-refractivity contribution in [3.05, 3.63) is 16.9 Å². The molecule has 0 bridgehead atoms. The van der Waals surface area contributed by atoms with Crippen molar-refractivity contribution in [2.24, 2.45) is 5.73 Å². The summed E-state index contributed by atoms with van der Waals surface area (Å²) in [6, 6.07) is -0.450. The molecule has 0 saturated carbocycles. The number of rotatable bonds is 5. The van der Waals surface area contributed by atoms with Crippen LogP contribution in [0.2, 0.25) is 0 Å². The third-order valence-corrected chi connectivity index (χ3v) is 4.94. The van der Waals surface area contributed by atoms with Crippen LogP contribution in [0.3, 0.4) is 0 Å². The monoisotopic (exact) mass is 383 g/mol. The minimum absolute atomic E-state index is 0.450. The van der Waals surface area contributed by atoms with Gasteiger partial charge in [0.15, 0.2) is 0 Å². The van der Waals surface area contributed by atoms with Crippen molar-refractivity contribution >= 4 is 38.3 Å². The number of alkyl halides is 1. The Balaban J connectivity index is 1.97. The van der Waals surface area contributed by atoms with Crippen LogP contribution < -0.4 is 16.0 Å². The van der Waals surface area contributed by atoms with Gasteiger partial charge in [-0.25, -0.2) is 9.37 Å². The summed E-state index contributed by atoms with van der Waals surface area (Å²) in [4.78, 5) is 9.82. The van der Waals surface area contributed by atoms with Gasteiger partial charge in [0.25, 0.3) is 0 Å². The maximum atomic E-state index is 13.7. The van der Waals surface area contributed by atoms with E-state index < -0.39 is 12.2 Å². The number of nitrogens with two attached hydrogens (primary N) is 1. The van der Waals surface area contributed by atoms with Crippen molar-refractivity contribution in [3.63, 3.8) is 0 Å². The fraction of sp³-hybridized carbons (Fsp3) is 0.562. The predicted octanol–water partition coefficient (Wildman–Crippen LogP) is 3.41. The first kappa shape index (κ1) is 16.5. The van der Waals surface area contributed by atoms with E-state index in [4.69, 9.17) is 5.73 Å². The zero-order chi connectivity index (χ0) is 16.4. The van der Waals surface area contributed by atoms with Crippen molar-refractivity contribution in [1.29, 1.82) is 0 Å². The summed E-state index contributed by atoms with van der Waals surface area (Å²) in [7, 11) is 0. The second kappa shape index (κ2) is 7.05. The molecule has 1 saturated heterocycles. The smallest absolute Gasteiger partial charge is 0.141 e. The Morgan fingerprint density at radius 2 is 2.39 bits per heavy atom. The summed E-state index contributed by atoms with van der Waals surface area (Å²) < 4.78 is 14.6. The zero-order valence-electron chi connectivity index (χ0n) is 13.3. The van der Waals surface area contributed by atoms with Gasteiger partial charge in [0, 0.05) is 32.0 Å². The van der Waals surface area contributed by atoms with E-state index in [2.05, 4.69) is 43.0 Å². The fourth-order valence-electron chi connectivity index (χ4n) is 3.06. The summed E-state index contributed by atoms with van der Waals surface area (Å²) in [5, 5.41) is 4.51. The quantitative estimate of drug-likeness (QED) is 0.691. The largest absolute Gasteiger partial charge is 0.383 e. The van der Waals surface area contributed by atoms with E-state index in [9.17, 15) is 4.39 Å². The molecule has 2 atom stereocenters. The van der Waals surface area contributed by atoms with Gasteiger partial charge in [-0.2, -0.15) is 0 Å². The second-order valence-corrected chi connectivity index (χ2v) is 6.93. The molecule has 0 aliphatic carbocycles. The minimum atomic E-state index is -0.921. The molecule has 2 aromatic rings. The molecule has 126 valence electrons. The van der Waals surface area contributed by atoms with Crippen molar-refractivity contribution in [2.75, 3.05) is 29.9 Å². The van der Waals surface area contributed by atoms with Gasteiger partial charge >= 0.3 is 0 Å². The highest BCUT2D eigenvalue weighted by atomic mass is 79.9. The Morgan fingerprint density at radius 3 is 3.13 bits per heavy atom. The van der Waals surface area contributed by atoms with Crippen LogP contribution in [0.15, 0.2) is 16.9 Å². The van der Waals surface area contributed by atoms with E-state index >= 15 is 0 Å². The summed E-state index contributed by atoms with van der Waals surface area (Å²) in [5.74, 6) is 0. The highest BCUT2D eigenvalue weighted by molar-refractivity contribution is 9.10. The first-order valence-corrected chi connectivity index (χ1v) is 8.95. The van der Waals surface area contributed by atoms with Gasteiger partial charge in [0.2, 0.25) is 0 Å². The molecule has 2 aromatic heterocycles. The number of fused-ring (bicyclic) bond motifs is 1. The van der Waals surface area contributed by atoms with E-state index in [1.807, 2.05) is 6.20 Å². The third kappa shape index (κ3) is 3.30. The van der Waals surface area contributed by atoms with Crippen LogP contribution >= 0.6 is 15.9 Å². The molecule has 0 aromatic carbocycles. The van der Waals surface area contributed by atoms with Crippen molar-refractivity contribution in [1.82, 2.24) is 9.97 Å². The molecule has 3 rings (SSSR count). The highest BCUT2D eigenvalue weighted by Crippen LogP contribution is 2.38. The van der Waals surface area contributed by atoms with Crippen molar-refractivity contribution < 1.29 is 4.39 Å². The number of pyridine rings is 1. The Labute approximate surface area is 144 Å². The van der Waals surface area contributed by atoms with E-state index in [0.29, 0.717) is 19.5 Å². The maximum absolute atomic E-state index is 13.7. The van der Waals surface area contributed by atoms with E-state index in [-0.39, 0.29) is 0 Å². The van der Waals surface area contributed by atoms with E-state index in [1.54, 1.807) is 6.20 Å². The number of H-pyrrole nitrogens is 1. The molecule has 1 aliphatic rings. The number of hydrogen-bond acceptors (Lipinski definition) is 4. The Kier molecular flexibility index (Phi) is 5.06. The number of hydrogen-bond donors (Lipinski definition) is 3. The molecule has 3 heterocycles. The van der Waals surface area contributed by atoms with Crippen LogP contribution in [0.1, 0.15) is 26.2 Å². The molecule has 23 heavy (non-hydrogen) atoms. The molecule has 0 radical (unpaired) electrons. The lowest BCUT2D eigenvalue weighted by Crippen LogP contribution is -2.49. The molecule has 4 N–H and O–H groups in total. The minimum Gasteiger partial charge on any atom is -0.383 e. The maximum Gasteiger partial charge on any atom is 0.141 e. The third-order valence-electron chi connectivity index (χ3n) is 4.36. The van der Waals surface area contributed by atoms with Crippen LogP contribution in [0, 0.1) is 0 Å². The Bertz CT molecular complexity index is 674. The number of anilines is 2. The standard InChI is InChI=1S/C16H23BrFN5/c1-2-3-5-20-13-8-22-16-14(13)15(10(17)7-21-16)23-6-4-11(18)12(19)9-23/h7-8,11-12,20H,2-6,9,19H2,1H3,(H,21,22)/t11-,12-/m1/s1. The molecule has 7 heteroatoms. The predicted molar refractivity (Wildman–Crippen MR) is 96.9 cm³/mol. The normalized spacial score (nSPS) is 21.8. The van der Waals surface area contributed by atoms with E-state index in [1.165, 1.54) is 0 Å². The van der Waals surface area contributed by atoms with Gasteiger partial charge in [-0.15, -0.1) is 0 Å². The van der Waals surface area contributed by atoms with Gasteiger partial charge < -0.3 is 20.9 Å². The van der Waals surface area contributed by atoms with Crippen LogP contribution in [-0.4, -0.2) is 41.8 Å². The fourth-order valence-corrected chi connectivity index (χ4v) is 3.61. The summed E-state index contributed by atoms with van der Waals surface area (Å²) >= 11 is 3.61. The topological polar surface area (TPSA) is 70.0 Å². The van der Waals surface area contributed by atoms with Crippen molar-refractivity contribution in [3.8, 4) is 0 Å². The van der Waals surface area contributed by atoms with Crippen molar-refractivity contribution in [2.45, 2.75) is 38.4 Å². The lowest BCUT2D eigenvalue weighted by Gasteiger charge is -2.35. The molecule has 5 nitrogen and oxygen atoms in total. The number of unbranched alkanes of at least 4 members (excludes halogenated alkanes) is 1. The molecule has 1 aliphatic heterocycles. The second-order valence-electron chi connectivity index (χ2n) is 6.08. The van der Waals surface area contributed by atoms with Crippen LogP contribution in [0.4, 0.5) is 15.8 Å². The van der Waals surface area contributed by atoms with Crippen LogP contribution in [0.25, 0.3) is 11.0 Å². The molecule has 0 unspecified atom stereocenters. The summed E-state index contributed by atoms with van der Waals surface area (Å²) in [6.45, 7) is 4.26. The van der Waals surface area contributed by atoms with Crippen LogP contribution in [0.5, 0.6) is 0 Å². The lowest BCUT2D eigenvalue weighted by atomic mass is 10.0. The average molecular weight is 384 g/mol. The van der Waals surface area contributed by atoms with Gasteiger partial charge in [-0.1, -0.05) is 13.3 Å². The van der Waals surface area contributed by atoms with Gasteiger partial charge in [-0.3, -0.25) is 0 Å². The van der Waals surface area contributed by atoms with Gasteiger partial charge in [0.05, 0.1) is 27.3 Å². The number of nitrogens with zero attached hydrogens (tertiary/aromatic N) is 2. The zero-order valence-corrected chi connectivity index (χ0v) is 14.9. The lowest BCUT2D eigenvalue weighted by molar-refractivity contribution is 0.244. The van der Waals surface area contributed by atoms with Gasteiger partial charge in [0.1, 0.15) is 11.8 Å². The molecular weight excluding hydrogens is 361 g/mol. The number of aromatic nitrogens is 2. The number of nitrogens with one attached hydrogen (secondary N) is 2. The summed E-state index contributed by atoms with van der Waals surface area (Å²) in [5.41, 5.74) is 8.85. The first-order chi connectivity index (χ1) is 11.1.